The molecule has 0 spiro atoms. The smallest absolute Gasteiger partial charge is 0.0348 e. The Morgan fingerprint density at radius 3 is 2.30 bits per heavy atom. The Balaban J connectivity index is 1.67. The molecule has 1 heterocycles. The van der Waals surface area contributed by atoms with E-state index in [1.54, 1.807) is 0 Å². The Kier molecular flexibility index (Phi) is 4.49. The highest BCUT2D eigenvalue weighted by Gasteiger charge is 2.23. The Bertz CT molecular complexity index is 506. The Morgan fingerprint density at radius 2 is 1.55 bits per heavy atom. The normalized spacial score (nSPS) is 19.9. The molecular formula is C19H23N. The molecule has 0 amide bonds. The van der Waals surface area contributed by atoms with Crippen molar-refractivity contribution < 1.29 is 0 Å². The summed E-state index contributed by atoms with van der Waals surface area (Å²) in [5.41, 5.74) is 2.94. The third kappa shape index (κ3) is 3.29. The van der Waals surface area contributed by atoms with Gasteiger partial charge in [0.1, 0.15) is 0 Å². The van der Waals surface area contributed by atoms with Crippen LogP contribution in [0.4, 0.5) is 0 Å². The van der Waals surface area contributed by atoms with E-state index >= 15 is 0 Å². The van der Waals surface area contributed by atoms with Crippen LogP contribution in [0.5, 0.6) is 0 Å². The number of benzene rings is 2. The molecule has 1 aliphatic rings. The van der Waals surface area contributed by atoms with Crippen LogP contribution in [0.1, 0.15) is 36.4 Å². The van der Waals surface area contributed by atoms with Crippen molar-refractivity contribution in [3.63, 3.8) is 0 Å². The summed E-state index contributed by atoms with van der Waals surface area (Å²) >= 11 is 0. The molecule has 1 unspecified atom stereocenters. The van der Waals surface area contributed by atoms with E-state index in [0.717, 1.165) is 6.42 Å². The van der Waals surface area contributed by atoms with Crippen molar-refractivity contribution in [3.8, 4) is 0 Å². The van der Waals surface area contributed by atoms with E-state index in [1.807, 2.05) is 0 Å². The number of likely N-dealkylation sites (tertiary alicyclic amines) is 1. The minimum absolute atomic E-state index is 0.619. The number of hydrogen-bond donors (Lipinski definition) is 0. The Hall–Kier alpha value is -1.60. The van der Waals surface area contributed by atoms with Gasteiger partial charge < -0.3 is 0 Å². The first-order valence-corrected chi connectivity index (χ1v) is 7.76. The van der Waals surface area contributed by atoms with Gasteiger partial charge in [0.05, 0.1) is 0 Å². The molecule has 0 N–H and O–H groups in total. The summed E-state index contributed by atoms with van der Waals surface area (Å²) in [6.07, 6.45) is 5.17. The third-order valence-electron chi connectivity index (χ3n) is 4.33. The molecule has 1 atom stereocenters. The van der Waals surface area contributed by atoms with E-state index in [9.17, 15) is 0 Å². The van der Waals surface area contributed by atoms with Crippen molar-refractivity contribution in [2.75, 3.05) is 13.1 Å². The molecule has 1 heteroatoms. The average Bonchev–Trinajstić information content (AvgIpc) is 2.55. The van der Waals surface area contributed by atoms with Crippen LogP contribution in [0.3, 0.4) is 0 Å². The summed E-state index contributed by atoms with van der Waals surface area (Å²) in [6.45, 7) is 2.41. The van der Waals surface area contributed by atoms with Crippen molar-refractivity contribution in [2.24, 2.45) is 0 Å². The number of piperidine rings is 1. The zero-order valence-corrected chi connectivity index (χ0v) is 12.0. The molecule has 2 aromatic rings. The van der Waals surface area contributed by atoms with Crippen LogP contribution >= 0.6 is 0 Å². The Morgan fingerprint density at radius 1 is 0.850 bits per heavy atom. The van der Waals surface area contributed by atoms with Gasteiger partial charge in [-0.1, -0.05) is 67.1 Å². The second kappa shape index (κ2) is 6.71. The third-order valence-corrected chi connectivity index (χ3v) is 4.33. The van der Waals surface area contributed by atoms with Gasteiger partial charge in [0.25, 0.3) is 0 Å². The van der Waals surface area contributed by atoms with Gasteiger partial charge in [0, 0.05) is 12.6 Å². The standard InChI is InChI=1S/C19H23N/c1-3-9-17(10-4-1)14-16-20-15-8-7-13-19(20)18-11-5-2-6-12-18/h1-6,9-12,19H,7-8,13-16H2. The monoisotopic (exact) mass is 265 g/mol. The fraction of sp³-hybridized carbons (Fsp3) is 0.368. The Labute approximate surface area is 122 Å². The molecule has 0 bridgehead atoms. The van der Waals surface area contributed by atoms with Crippen LogP contribution in [-0.2, 0) is 6.42 Å². The minimum atomic E-state index is 0.619. The predicted octanol–water partition coefficient (Wildman–Crippen LogP) is 4.46. The lowest BCUT2D eigenvalue weighted by molar-refractivity contribution is 0.150. The fourth-order valence-electron chi connectivity index (χ4n) is 3.23. The maximum absolute atomic E-state index is 2.67. The molecule has 104 valence electrons. The molecule has 0 aliphatic carbocycles. The molecule has 3 rings (SSSR count). The highest BCUT2D eigenvalue weighted by atomic mass is 15.2. The van der Waals surface area contributed by atoms with Gasteiger partial charge in [0.2, 0.25) is 0 Å². The number of rotatable bonds is 4. The zero-order valence-electron chi connectivity index (χ0n) is 12.0. The molecule has 1 fully saturated rings. The topological polar surface area (TPSA) is 3.24 Å². The molecule has 20 heavy (non-hydrogen) atoms. The average molecular weight is 265 g/mol. The summed E-state index contributed by atoms with van der Waals surface area (Å²) in [7, 11) is 0. The maximum Gasteiger partial charge on any atom is 0.0348 e. The summed E-state index contributed by atoms with van der Waals surface area (Å²) < 4.78 is 0. The molecule has 0 saturated carbocycles. The zero-order chi connectivity index (χ0) is 13.6. The van der Waals surface area contributed by atoms with Gasteiger partial charge in [-0.25, -0.2) is 0 Å². The summed E-state index contributed by atoms with van der Waals surface area (Å²) in [4.78, 5) is 2.67. The first-order chi connectivity index (χ1) is 9.93. The molecule has 2 aromatic carbocycles. The second-order valence-corrected chi connectivity index (χ2v) is 5.69. The van der Waals surface area contributed by atoms with Crippen LogP contribution in [-0.4, -0.2) is 18.0 Å². The van der Waals surface area contributed by atoms with Crippen molar-refractivity contribution in [1.29, 1.82) is 0 Å². The fourth-order valence-corrected chi connectivity index (χ4v) is 3.23. The van der Waals surface area contributed by atoms with Crippen molar-refractivity contribution in [1.82, 2.24) is 4.90 Å². The van der Waals surface area contributed by atoms with Crippen molar-refractivity contribution in [3.05, 3.63) is 71.8 Å². The van der Waals surface area contributed by atoms with Crippen LogP contribution in [0.25, 0.3) is 0 Å². The highest BCUT2D eigenvalue weighted by molar-refractivity contribution is 5.20. The van der Waals surface area contributed by atoms with E-state index in [-0.39, 0.29) is 0 Å². The predicted molar refractivity (Wildman–Crippen MR) is 84.8 cm³/mol. The minimum Gasteiger partial charge on any atom is -0.296 e. The van der Waals surface area contributed by atoms with Crippen LogP contribution in [0.15, 0.2) is 60.7 Å². The number of nitrogens with zero attached hydrogens (tertiary/aromatic N) is 1. The van der Waals surface area contributed by atoms with E-state index in [4.69, 9.17) is 0 Å². The lowest BCUT2D eigenvalue weighted by Crippen LogP contribution is -2.34. The lowest BCUT2D eigenvalue weighted by Gasteiger charge is -2.36. The summed E-state index contributed by atoms with van der Waals surface area (Å²) in [6, 6.07) is 22.5. The first kappa shape index (κ1) is 13.4. The van der Waals surface area contributed by atoms with Crippen LogP contribution in [0, 0.1) is 0 Å². The molecule has 1 nitrogen and oxygen atoms in total. The van der Waals surface area contributed by atoms with E-state index in [0.29, 0.717) is 6.04 Å². The van der Waals surface area contributed by atoms with E-state index in [1.165, 1.54) is 43.5 Å². The van der Waals surface area contributed by atoms with Gasteiger partial charge in [-0.3, -0.25) is 4.90 Å². The largest absolute Gasteiger partial charge is 0.296 e. The quantitative estimate of drug-likeness (QED) is 0.789. The van der Waals surface area contributed by atoms with Crippen molar-refractivity contribution >= 4 is 0 Å². The molecular weight excluding hydrogens is 242 g/mol. The van der Waals surface area contributed by atoms with E-state index < -0.39 is 0 Å². The van der Waals surface area contributed by atoms with Gasteiger partial charge in [-0.05, 0) is 36.9 Å². The van der Waals surface area contributed by atoms with Crippen molar-refractivity contribution in [2.45, 2.75) is 31.7 Å². The first-order valence-electron chi connectivity index (χ1n) is 7.76. The van der Waals surface area contributed by atoms with Gasteiger partial charge in [0.15, 0.2) is 0 Å². The van der Waals surface area contributed by atoms with Gasteiger partial charge >= 0.3 is 0 Å². The second-order valence-electron chi connectivity index (χ2n) is 5.69. The molecule has 1 saturated heterocycles. The molecule has 0 radical (unpaired) electrons. The van der Waals surface area contributed by atoms with Gasteiger partial charge in [-0.15, -0.1) is 0 Å². The molecule has 1 aliphatic heterocycles. The maximum atomic E-state index is 2.67. The lowest BCUT2D eigenvalue weighted by atomic mass is 9.95. The SMILES string of the molecule is c1ccc(CCN2CCCCC2c2ccccc2)cc1. The summed E-state index contributed by atoms with van der Waals surface area (Å²) in [5.74, 6) is 0. The number of hydrogen-bond acceptors (Lipinski definition) is 1. The van der Waals surface area contributed by atoms with Crippen LogP contribution < -0.4 is 0 Å². The van der Waals surface area contributed by atoms with E-state index in [2.05, 4.69) is 65.6 Å². The molecule has 0 aromatic heterocycles. The summed E-state index contributed by atoms with van der Waals surface area (Å²) in [5, 5.41) is 0. The highest BCUT2D eigenvalue weighted by Crippen LogP contribution is 2.30. The van der Waals surface area contributed by atoms with Gasteiger partial charge in [-0.2, -0.15) is 0 Å². The van der Waals surface area contributed by atoms with Crippen LogP contribution in [0.2, 0.25) is 0 Å².